The van der Waals surface area contributed by atoms with Gasteiger partial charge in [0, 0.05) is 10.6 Å². The number of alkyl halides is 3. The van der Waals surface area contributed by atoms with E-state index >= 15 is 0 Å². The zero-order valence-corrected chi connectivity index (χ0v) is 13.0. The molecule has 0 spiro atoms. The minimum Gasteiger partial charge on any atom is -0.494 e. The summed E-state index contributed by atoms with van der Waals surface area (Å²) in [4.78, 5) is 12.1. The van der Waals surface area contributed by atoms with Crippen LogP contribution in [0.25, 0.3) is 0 Å². The Morgan fingerprint density at radius 2 is 1.78 bits per heavy atom. The third-order valence-corrected chi connectivity index (χ3v) is 3.59. The van der Waals surface area contributed by atoms with E-state index in [1.807, 2.05) is 6.92 Å². The number of rotatable bonds is 5. The molecule has 122 valence electrons. The molecule has 0 atom stereocenters. The number of carbonyl (C=O) groups is 1. The molecular weight excluding hydrogens is 327 g/mol. The smallest absolute Gasteiger partial charge is 0.446 e. The molecular formula is C16H14F3NO2S. The van der Waals surface area contributed by atoms with Gasteiger partial charge in [0.1, 0.15) is 5.75 Å². The third-order valence-electron chi connectivity index (χ3n) is 2.78. The predicted octanol–water partition coefficient (Wildman–Crippen LogP) is 4.95. The van der Waals surface area contributed by atoms with Gasteiger partial charge in [0.05, 0.1) is 12.2 Å². The SMILES string of the molecule is CCOc1ccc(NC(=O)c2ccccc2SC(F)(F)F)cc1. The van der Waals surface area contributed by atoms with Crippen LogP contribution in [-0.2, 0) is 0 Å². The maximum atomic E-state index is 12.5. The van der Waals surface area contributed by atoms with Gasteiger partial charge in [-0.15, -0.1) is 0 Å². The van der Waals surface area contributed by atoms with Crippen LogP contribution >= 0.6 is 11.8 Å². The predicted molar refractivity (Wildman–Crippen MR) is 83.9 cm³/mol. The van der Waals surface area contributed by atoms with Gasteiger partial charge < -0.3 is 10.1 Å². The Bertz CT molecular complexity index is 672. The molecule has 0 saturated carbocycles. The van der Waals surface area contributed by atoms with Crippen LogP contribution in [0.2, 0.25) is 0 Å². The quantitative estimate of drug-likeness (QED) is 0.782. The van der Waals surface area contributed by atoms with Crippen molar-refractivity contribution >= 4 is 23.4 Å². The molecule has 1 amide bonds. The normalized spacial score (nSPS) is 11.1. The molecule has 2 aromatic rings. The van der Waals surface area contributed by atoms with Crippen molar-refractivity contribution in [2.24, 2.45) is 0 Å². The average Bonchev–Trinajstić information content (AvgIpc) is 2.48. The molecule has 0 aliphatic carbocycles. The molecule has 23 heavy (non-hydrogen) atoms. The average molecular weight is 341 g/mol. The number of carbonyl (C=O) groups excluding carboxylic acids is 1. The molecule has 0 unspecified atom stereocenters. The number of benzene rings is 2. The van der Waals surface area contributed by atoms with Crippen molar-refractivity contribution < 1.29 is 22.7 Å². The van der Waals surface area contributed by atoms with Gasteiger partial charge in [-0.25, -0.2) is 0 Å². The lowest BCUT2D eigenvalue weighted by molar-refractivity contribution is -0.0328. The Kier molecular flexibility index (Phi) is 5.54. The number of hydrogen-bond acceptors (Lipinski definition) is 3. The lowest BCUT2D eigenvalue weighted by atomic mass is 10.2. The van der Waals surface area contributed by atoms with Gasteiger partial charge >= 0.3 is 5.51 Å². The molecule has 0 fully saturated rings. The highest BCUT2D eigenvalue weighted by atomic mass is 32.2. The standard InChI is InChI=1S/C16H14F3NO2S/c1-2-22-12-9-7-11(8-10-12)20-15(21)13-5-3-4-6-14(13)23-16(17,18)19/h3-10H,2H2,1H3,(H,20,21). The number of hydrogen-bond donors (Lipinski definition) is 1. The summed E-state index contributed by atoms with van der Waals surface area (Å²) < 4.78 is 42.9. The Balaban J connectivity index is 2.14. The number of ether oxygens (including phenoxy) is 1. The summed E-state index contributed by atoms with van der Waals surface area (Å²) >= 11 is -0.306. The summed E-state index contributed by atoms with van der Waals surface area (Å²) in [5.41, 5.74) is -4.00. The Morgan fingerprint density at radius 3 is 2.39 bits per heavy atom. The first-order valence-electron chi connectivity index (χ1n) is 6.78. The van der Waals surface area contributed by atoms with Gasteiger partial charge in [0.15, 0.2) is 0 Å². The van der Waals surface area contributed by atoms with Crippen LogP contribution in [0.15, 0.2) is 53.4 Å². The molecule has 0 saturated heterocycles. The molecule has 2 rings (SSSR count). The summed E-state index contributed by atoms with van der Waals surface area (Å²) in [5, 5.41) is 2.58. The fraction of sp³-hybridized carbons (Fsp3) is 0.188. The van der Waals surface area contributed by atoms with Crippen molar-refractivity contribution in [3.05, 3.63) is 54.1 Å². The Labute approximate surface area is 135 Å². The van der Waals surface area contributed by atoms with E-state index < -0.39 is 11.4 Å². The van der Waals surface area contributed by atoms with Crippen molar-refractivity contribution in [1.29, 1.82) is 0 Å². The molecule has 0 bridgehead atoms. The highest BCUT2D eigenvalue weighted by Gasteiger charge is 2.31. The van der Waals surface area contributed by atoms with Crippen LogP contribution in [0.4, 0.5) is 18.9 Å². The van der Waals surface area contributed by atoms with E-state index in [1.54, 1.807) is 24.3 Å². The molecule has 3 nitrogen and oxygen atoms in total. The highest BCUT2D eigenvalue weighted by molar-refractivity contribution is 8.00. The lowest BCUT2D eigenvalue weighted by Crippen LogP contribution is -2.14. The van der Waals surface area contributed by atoms with Crippen LogP contribution in [0.1, 0.15) is 17.3 Å². The second-order valence-corrected chi connectivity index (χ2v) is 5.56. The summed E-state index contributed by atoms with van der Waals surface area (Å²) in [5.74, 6) is 0.0556. The van der Waals surface area contributed by atoms with E-state index in [1.165, 1.54) is 24.3 Å². The van der Waals surface area contributed by atoms with Crippen LogP contribution in [0, 0.1) is 0 Å². The Hall–Kier alpha value is -2.15. The molecule has 0 aliphatic heterocycles. The number of halogens is 3. The Morgan fingerprint density at radius 1 is 1.13 bits per heavy atom. The number of thioether (sulfide) groups is 1. The zero-order chi connectivity index (χ0) is 16.9. The fourth-order valence-corrected chi connectivity index (χ4v) is 2.53. The second-order valence-electron chi connectivity index (χ2n) is 4.46. The summed E-state index contributed by atoms with van der Waals surface area (Å²) in [6.45, 7) is 2.37. The molecule has 0 heterocycles. The monoisotopic (exact) mass is 341 g/mol. The molecule has 0 aromatic heterocycles. The molecule has 7 heteroatoms. The topological polar surface area (TPSA) is 38.3 Å². The van der Waals surface area contributed by atoms with E-state index in [-0.39, 0.29) is 22.2 Å². The summed E-state index contributed by atoms with van der Waals surface area (Å²) in [6, 6.07) is 12.2. The first-order chi connectivity index (χ1) is 10.9. The highest BCUT2D eigenvalue weighted by Crippen LogP contribution is 2.38. The van der Waals surface area contributed by atoms with Gasteiger partial charge in [0.2, 0.25) is 0 Å². The van der Waals surface area contributed by atoms with Crippen molar-refractivity contribution in [3.8, 4) is 5.75 Å². The van der Waals surface area contributed by atoms with Gasteiger partial charge in [-0.05, 0) is 55.1 Å². The van der Waals surface area contributed by atoms with Gasteiger partial charge in [-0.2, -0.15) is 13.2 Å². The zero-order valence-electron chi connectivity index (χ0n) is 12.2. The van der Waals surface area contributed by atoms with Gasteiger partial charge in [-0.1, -0.05) is 12.1 Å². The van der Waals surface area contributed by atoms with Crippen LogP contribution in [-0.4, -0.2) is 18.0 Å². The molecule has 0 radical (unpaired) electrons. The van der Waals surface area contributed by atoms with Crippen molar-refractivity contribution in [2.75, 3.05) is 11.9 Å². The largest absolute Gasteiger partial charge is 0.494 e. The third kappa shape index (κ3) is 5.21. The van der Waals surface area contributed by atoms with E-state index in [2.05, 4.69) is 5.32 Å². The number of nitrogens with one attached hydrogen (secondary N) is 1. The summed E-state index contributed by atoms with van der Waals surface area (Å²) in [7, 11) is 0. The second kappa shape index (κ2) is 7.41. The molecule has 2 aromatic carbocycles. The van der Waals surface area contributed by atoms with Crippen LogP contribution < -0.4 is 10.1 Å². The van der Waals surface area contributed by atoms with Crippen molar-refractivity contribution in [2.45, 2.75) is 17.3 Å². The molecule has 1 N–H and O–H groups in total. The van der Waals surface area contributed by atoms with E-state index in [0.29, 0.717) is 18.0 Å². The summed E-state index contributed by atoms with van der Waals surface area (Å²) in [6.07, 6.45) is 0. The van der Waals surface area contributed by atoms with Gasteiger partial charge in [0.25, 0.3) is 5.91 Å². The van der Waals surface area contributed by atoms with Crippen molar-refractivity contribution in [3.63, 3.8) is 0 Å². The first kappa shape index (κ1) is 17.2. The van der Waals surface area contributed by atoms with Gasteiger partial charge in [-0.3, -0.25) is 4.79 Å². The minimum atomic E-state index is -4.45. The van der Waals surface area contributed by atoms with E-state index in [9.17, 15) is 18.0 Å². The van der Waals surface area contributed by atoms with E-state index in [0.717, 1.165) is 0 Å². The fourth-order valence-electron chi connectivity index (χ4n) is 1.87. The number of anilines is 1. The maximum absolute atomic E-state index is 12.5. The van der Waals surface area contributed by atoms with Crippen molar-refractivity contribution in [1.82, 2.24) is 0 Å². The van der Waals surface area contributed by atoms with Crippen LogP contribution in [0.3, 0.4) is 0 Å². The molecule has 0 aliphatic rings. The minimum absolute atomic E-state index is 0.0243. The lowest BCUT2D eigenvalue weighted by Gasteiger charge is -2.11. The van der Waals surface area contributed by atoms with E-state index in [4.69, 9.17) is 4.74 Å². The maximum Gasteiger partial charge on any atom is 0.446 e. The number of amides is 1. The first-order valence-corrected chi connectivity index (χ1v) is 7.59. The van der Waals surface area contributed by atoms with Crippen LogP contribution in [0.5, 0.6) is 5.75 Å².